The summed E-state index contributed by atoms with van der Waals surface area (Å²) in [7, 11) is 0. The second-order valence-electron chi connectivity index (χ2n) is 3.58. The van der Waals surface area contributed by atoms with Gasteiger partial charge in [-0.15, -0.1) is 0 Å². The number of Topliss-reactive ketones (excluding diaryl/α,β-unsaturated/α-hetero) is 1. The Balaban J connectivity index is 2.67. The summed E-state index contributed by atoms with van der Waals surface area (Å²) >= 11 is 0. The third-order valence-electron chi connectivity index (χ3n) is 2.51. The number of ketones is 1. The van der Waals surface area contributed by atoms with Crippen molar-refractivity contribution in [1.82, 2.24) is 0 Å². The topological polar surface area (TPSA) is 17.1 Å². The first-order chi connectivity index (χ1) is 7.20. The molecule has 74 valence electrons. The van der Waals surface area contributed by atoms with E-state index in [-0.39, 0.29) is 5.78 Å². The Bertz CT molecular complexity index is 538. The second-order valence-corrected chi connectivity index (χ2v) is 3.58. The molecule has 0 amide bonds. The van der Waals surface area contributed by atoms with E-state index >= 15 is 0 Å². The summed E-state index contributed by atoms with van der Waals surface area (Å²) < 4.78 is 0. The van der Waals surface area contributed by atoms with Crippen molar-refractivity contribution >= 4 is 22.6 Å². The lowest BCUT2D eigenvalue weighted by atomic mass is 10.0. The predicted molar refractivity (Wildman–Crippen MR) is 64.0 cm³/mol. The average molecular weight is 196 g/mol. The molecule has 0 saturated carbocycles. The number of carbonyl (C=O) groups excluding carboxylic acids is 1. The van der Waals surface area contributed by atoms with Gasteiger partial charge in [-0.1, -0.05) is 36.9 Å². The molecule has 1 heteroatoms. The highest BCUT2D eigenvalue weighted by molar-refractivity contribution is 5.98. The first-order valence-corrected chi connectivity index (χ1v) is 4.88. The van der Waals surface area contributed by atoms with Crippen molar-refractivity contribution in [2.75, 3.05) is 0 Å². The van der Waals surface area contributed by atoms with Crippen LogP contribution in [0.4, 0.5) is 0 Å². The molecule has 0 saturated heterocycles. The number of fused-ring (bicyclic) bond motifs is 1. The zero-order chi connectivity index (χ0) is 10.8. The van der Waals surface area contributed by atoms with Crippen molar-refractivity contribution in [3.05, 3.63) is 54.1 Å². The fourth-order valence-corrected chi connectivity index (χ4v) is 1.61. The van der Waals surface area contributed by atoms with Gasteiger partial charge in [-0.05, 0) is 35.4 Å². The van der Waals surface area contributed by atoms with Crippen LogP contribution in [0.25, 0.3) is 16.8 Å². The second kappa shape index (κ2) is 3.70. The minimum Gasteiger partial charge on any atom is -0.295 e. The van der Waals surface area contributed by atoms with Gasteiger partial charge in [0.1, 0.15) is 0 Å². The molecule has 2 rings (SSSR count). The lowest BCUT2D eigenvalue weighted by Gasteiger charge is -2.01. The molecule has 0 fully saturated rings. The molecule has 2 aromatic carbocycles. The minimum absolute atomic E-state index is 0.0981. The van der Waals surface area contributed by atoms with Crippen molar-refractivity contribution < 1.29 is 4.79 Å². The summed E-state index contributed by atoms with van der Waals surface area (Å²) in [5.74, 6) is 0.0981. The van der Waals surface area contributed by atoms with Gasteiger partial charge in [0.2, 0.25) is 0 Å². The Hall–Kier alpha value is -1.89. The van der Waals surface area contributed by atoms with Crippen LogP contribution in [-0.4, -0.2) is 5.78 Å². The van der Waals surface area contributed by atoms with E-state index in [1.54, 1.807) is 13.0 Å². The van der Waals surface area contributed by atoms with Crippen molar-refractivity contribution in [1.29, 1.82) is 0 Å². The van der Waals surface area contributed by atoms with Gasteiger partial charge in [-0.3, -0.25) is 4.79 Å². The number of benzene rings is 2. The highest BCUT2D eigenvalue weighted by atomic mass is 16.1. The van der Waals surface area contributed by atoms with Crippen molar-refractivity contribution in [3.63, 3.8) is 0 Å². The Kier molecular flexibility index (Phi) is 2.38. The molecule has 0 unspecified atom stereocenters. The van der Waals surface area contributed by atoms with Crippen LogP contribution in [0.15, 0.2) is 43.0 Å². The van der Waals surface area contributed by atoms with Crippen LogP contribution >= 0.6 is 0 Å². The van der Waals surface area contributed by atoms with Crippen LogP contribution in [0.1, 0.15) is 22.8 Å². The van der Waals surface area contributed by atoms with E-state index in [1.165, 1.54) is 0 Å². The third kappa shape index (κ3) is 1.82. The first kappa shape index (κ1) is 9.66. The molecular weight excluding hydrogens is 184 g/mol. The van der Waals surface area contributed by atoms with Crippen molar-refractivity contribution in [2.45, 2.75) is 6.92 Å². The lowest BCUT2D eigenvalue weighted by Crippen LogP contribution is -1.90. The highest BCUT2D eigenvalue weighted by Gasteiger charge is 2.00. The largest absolute Gasteiger partial charge is 0.295 e. The summed E-state index contributed by atoms with van der Waals surface area (Å²) in [6.07, 6.45) is 1.81. The van der Waals surface area contributed by atoms with Gasteiger partial charge < -0.3 is 0 Å². The number of hydrogen-bond acceptors (Lipinski definition) is 1. The predicted octanol–water partition coefficient (Wildman–Crippen LogP) is 3.69. The number of hydrogen-bond donors (Lipinski definition) is 0. The summed E-state index contributed by atoms with van der Waals surface area (Å²) in [6, 6.07) is 11.8. The van der Waals surface area contributed by atoms with Crippen LogP contribution < -0.4 is 0 Å². The molecule has 0 spiro atoms. The summed E-state index contributed by atoms with van der Waals surface area (Å²) in [5.41, 5.74) is 1.83. The third-order valence-corrected chi connectivity index (χ3v) is 2.51. The quantitative estimate of drug-likeness (QED) is 0.669. The number of carbonyl (C=O) groups is 1. The zero-order valence-electron chi connectivity index (χ0n) is 8.66. The molecule has 0 heterocycles. The maximum Gasteiger partial charge on any atom is 0.159 e. The Morgan fingerprint density at radius 2 is 1.87 bits per heavy atom. The van der Waals surface area contributed by atoms with Gasteiger partial charge in [0.15, 0.2) is 5.78 Å². The summed E-state index contributed by atoms with van der Waals surface area (Å²) in [6.45, 7) is 5.31. The molecule has 0 atom stereocenters. The standard InChI is InChI=1S/C14H12O/c1-3-11-4-5-12-6-7-13(10(2)15)9-14(12)8-11/h3-9H,1H2,2H3. The van der Waals surface area contributed by atoms with Gasteiger partial charge in [0, 0.05) is 5.56 Å². The van der Waals surface area contributed by atoms with E-state index in [0.717, 1.165) is 21.9 Å². The maximum atomic E-state index is 11.2. The van der Waals surface area contributed by atoms with E-state index in [0.29, 0.717) is 0 Å². The van der Waals surface area contributed by atoms with Crippen LogP contribution in [0.3, 0.4) is 0 Å². The fraction of sp³-hybridized carbons (Fsp3) is 0.0714. The minimum atomic E-state index is 0.0981. The van der Waals surface area contributed by atoms with Crippen molar-refractivity contribution in [2.24, 2.45) is 0 Å². The molecule has 0 bridgehead atoms. The first-order valence-electron chi connectivity index (χ1n) is 4.88. The molecule has 15 heavy (non-hydrogen) atoms. The summed E-state index contributed by atoms with van der Waals surface area (Å²) in [4.78, 5) is 11.2. The summed E-state index contributed by atoms with van der Waals surface area (Å²) in [5, 5.41) is 2.23. The van der Waals surface area contributed by atoms with Crippen LogP contribution in [0, 0.1) is 0 Å². The lowest BCUT2D eigenvalue weighted by molar-refractivity contribution is 0.101. The Morgan fingerprint density at radius 3 is 2.53 bits per heavy atom. The average Bonchev–Trinajstić information content (AvgIpc) is 2.27. The fourth-order valence-electron chi connectivity index (χ4n) is 1.61. The Labute approximate surface area is 89.0 Å². The highest BCUT2D eigenvalue weighted by Crippen LogP contribution is 2.18. The van der Waals surface area contributed by atoms with Crippen LogP contribution in [0.2, 0.25) is 0 Å². The van der Waals surface area contributed by atoms with Crippen LogP contribution in [0.5, 0.6) is 0 Å². The van der Waals surface area contributed by atoms with Crippen molar-refractivity contribution in [3.8, 4) is 0 Å². The molecule has 0 aliphatic carbocycles. The molecule has 0 N–H and O–H groups in total. The van der Waals surface area contributed by atoms with E-state index in [2.05, 4.69) is 6.58 Å². The van der Waals surface area contributed by atoms with Crippen LogP contribution in [-0.2, 0) is 0 Å². The van der Waals surface area contributed by atoms with Gasteiger partial charge in [-0.2, -0.15) is 0 Å². The van der Waals surface area contributed by atoms with Gasteiger partial charge in [0.25, 0.3) is 0 Å². The van der Waals surface area contributed by atoms with Gasteiger partial charge >= 0.3 is 0 Å². The van der Waals surface area contributed by atoms with E-state index in [4.69, 9.17) is 0 Å². The maximum absolute atomic E-state index is 11.2. The molecule has 0 radical (unpaired) electrons. The van der Waals surface area contributed by atoms with E-state index in [9.17, 15) is 4.79 Å². The molecule has 0 aromatic heterocycles. The zero-order valence-corrected chi connectivity index (χ0v) is 8.66. The molecule has 1 nitrogen and oxygen atoms in total. The van der Waals surface area contributed by atoms with Gasteiger partial charge in [0.05, 0.1) is 0 Å². The van der Waals surface area contributed by atoms with E-state index in [1.807, 2.05) is 36.4 Å². The molecular formula is C14H12O. The van der Waals surface area contributed by atoms with Gasteiger partial charge in [-0.25, -0.2) is 0 Å². The normalized spacial score (nSPS) is 10.2. The molecule has 0 aliphatic rings. The molecule has 0 aliphatic heterocycles. The smallest absolute Gasteiger partial charge is 0.159 e. The Morgan fingerprint density at radius 1 is 1.13 bits per heavy atom. The van der Waals surface area contributed by atoms with E-state index < -0.39 is 0 Å². The molecule has 2 aromatic rings. The SMILES string of the molecule is C=Cc1ccc2ccc(C(C)=O)cc2c1. The monoisotopic (exact) mass is 196 g/mol. The number of rotatable bonds is 2.